The van der Waals surface area contributed by atoms with Crippen molar-refractivity contribution >= 4 is 43.4 Å². The summed E-state index contributed by atoms with van der Waals surface area (Å²) in [7, 11) is 0. The largest absolute Gasteiger partial charge is 0.309 e. The lowest BCUT2D eigenvalue weighted by Crippen LogP contribution is -2.01. The van der Waals surface area contributed by atoms with Gasteiger partial charge in [-0.1, -0.05) is 140 Å². The highest BCUT2D eigenvalue weighted by atomic mass is 15.0. The summed E-state index contributed by atoms with van der Waals surface area (Å²) >= 11 is 0. The third kappa shape index (κ3) is 4.23. The molecule has 2 aromatic heterocycles. The number of benzene rings is 8. The lowest BCUT2D eigenvalue weighted by atomic mass is 10.0. The third-order valence-corrected chi connectivity index (χ3v) is 10.4. The van der Waals surface area contributed by atoms with Gasteiger partial charge in [-0.25, -0.2) is 15.0 Å². The monoisotopic (exact) mass is 648 g/mol. The van der Waals surface area contributed by atoms with E-state index >= 15 is 0 Å². The first-order chi connectivity index (χ1) is 25.3. The van der Waals surface area contributed by atoms with E-state index in [-0.39, 0.29) is 0 Å². The lowest BCUT2D eigenvalue weighted by Gasteiger charge is -2.12. The van der Waals surface area contributed by atoms with Crippen LogP contribution in [0.15, 0.2) is 170 Å². The van der Waals surface area contributed by atoms with E-state index in [2.05, 4.69) is 156 Å². The fourth-order valence-corrected chi connectivity index (χ4v) is 8.08. The molecule has 0 atom stereocenters. The highest BCUT2D eigenvalue weighted by Gasteiger charge is 2.23. The van der Waals surface area contributed by atoms with Gasteiger partial charge in [-0.3, -0.25) is 0 Å². The molecule has 0 N–H and O–H groups in total. The molecule has 0 saturated carbocycles. The van der Waals surface area contributed by atoms with Crippen LogP contribution >= 0.6 is 0 Å². The van der Waals surface area contributed by atoms with Crippen molar-refractivity contribution in [3.8, 4) is 62.1 Å². The van der Waals surface area contributed by atoms with Crippen molar-refractivity contribution in [2.24, 2.45) is 0 Å². The number of para-hydroxylation sites is 1. The molecule has 0 aliphatic heterocycles. The summed E-state index contributed by atoms with van der Waals surface area (Å²) in [6.45, 7) is 0. The van der Waals surface area contributed by atoms with E-state index < -0.39 is 0 Å². The van der Waals surface area contributed by atoms with Crippen LogP contribution in [-0.2, 0) is 0 Å². The van der Waals surface area contributed by atoms with Crippen LogP contribution in [0.25, 0.3) is 105 Å². The Kier molecular flexibility index (Phi) is 5.92. The van der Waals surface area contributed by atoms with Gasteiger partial charge in [0.05, 0.1) is 11.0 Å². The number of hydrogen-bond donors (Lipinski definition) is 0. The minimum Gasteiger partial charge on any atom is -0.309 e. The van der Waals surface area contributed by atoms with Crippen molar-refractivity contribution < 1.29 is 0 Å². The predicted octanol–water partition coefficient (Wildman–Crippen LogP) is 11.9. The Labute approximate surface area is 294 Å². The first-order valence-electron chi connectivity index (χ1n) is 17.3. The maximum atomic E-state index is 5.18. The first kappa shape index (κ1) is 28.0. The second-order valence-electron chi connectivity index (χ2n) is 13.2. The molecule has 8 aromatic carbocycles. The van der Waals surface area contributed by atoms with Crippen molar-refractivity contribution in [2.45, 2.75) is 0 Å². The number of hydrogen-bond acceptors (Lipinski definition) is 3. The molecular formula is C47H28N4. The van der Waals surface area contributed by atoms with E-state index in [4.69, 9.17) is 15.0 Å². The maximum absolute atomic E-state index is 5.18. The Bertz CT molecular complexity index is 3020. The molecule has 10 aromatic rings. The molecule has 0 amide bonds. The second kappa shape index (κ2) is 10.8. The fourth-order valence-electron chi connectivity index (χ4n) is 8.08. The maximum Gasteiger partial charge on any atom is 0.164 e. The van der Waals surface area contributed by atoms with E-state index in [0.717, 1.165) is 27.9 Å². The average Bonchev–Trinajstić information content (AvgIpc) is 3.72. The molecule has 1 aliphatic carbocycles. The summed E-state index contributed by atoms with van der Waals surface area (Å²) in [6, 6.07) is 60.2. The number of aromatic nitrogens is 4. The molecule has 0 spiro atoms. The molecule has 0 radical (unpaired) electrons. The van der Waals surface area contributed by atoms with Gasteiger partial charge in [0.15, 0.2) is 17.5 Å². The van der Waals surface area contributed by atoms with Crippen LogP contribution in [0.5, 0.6) is 0 Å². The molecule has 2 heterocycles. The van der Waals surface area contributed by atoms with Crippen LogP contribution in [0.2, 0.25) is 0 Å². The topological polar surface area (TPSA) is 43.6 Å². The van der Waals surface area contributed by atoms with Gasteiger partial charge >= 0.3 is 0 Å². The first-order valence-corrected chi connectivity index (χ1v) is 17.3. The van der Waals surface area contributed by atoms with Crippen LogP contribution in [0.3, 0.4) is 0 Å². The smallest absolute Gasteiger partial charge is 0.164 e. The molecule has 1 aliphatic rings. The molecular weight excluding hydrogens is 621 g/mol. The molecule has 0 saturated heterocycles. The molecule has 11 rings (SSSR count). The van der Waals surface area contributed by atoms with E-state index in [1.54, 1.807) is 0 Å². The highest BCUT2D eigenvalue weighted by Crippen LogP contribution is 2.48. The zero-order valence-corrected chi connectivity index (χ0v) is 27.5. The standard InChI is InChI=1S/C47H28N4/c1-2-12-31(13-3-1)45-48-46(50-47(49-45)33-23-25-36-37-20-9-14-30-15-10-21-38(43(30)37)40(36)28-33)32-16-8-17-34(27-32)51-41-22-7-6-19-39(41)44-35-18-5-4-11-29(35)24-26-42(44)51/h1-28H. The molecule has 0 bridgehead atoms. The molecule has 0 fully saturated rings. The number of fused-ring (bicyclic) bond motifs is 8. The zero-order valence-electron chi connectivity index (χ0n) is 27.5. The predicted molar refractivity (Wildman–Crippen MR) is 210 cm³/mol. The molecule has 4 heteroatoms. The van der Waals surface area contributed by atoms with E-state index in [1.807, 2.05) is 18.2 Å². The Morgan fingerprint density at radius 2 is 0.961 bits per heavy atom. The van der Waals surface area contributed by atoms with Gasteiger partial charge in [0.25, 0.3) is 0 Å². The van der Waals surface area contributed by atoms with Gasteiger partial charge in [0.1, 0.15) is 0 Å². The van der Waals surface area contributed by atoms with Crippen molar-refractivity contribution in [1.82, 2.24) is 19.5 Å². The summed E-state index contributed by atoms with van der Waals surface area (Å²) in [5.41, 5.74) is 11.2. The minimum atomic E-state index is 0.637. The zero-order chi connectivity index (χ0) is 33.5. The van der Waals surface area contributed by atoms with Crippen LogP contribution < -0.4 is 0 Å². The van der Waals surface area contributed by atoms with Gasteiger partial charge in [-0.15, -0.1) is 0 Å². The molecule has 51 heavy (non-hydrogen) atoms. The van der Waals surface area contributed by atoms with E-state index in [1.165, 1.54) is 60.1 Å². The Balaban J connectivity index is 1.10. The second-order valence-corrected chi connectivity index (χ2v) is 13.2. The Hall–Kier alpha value is -6.91. The van der Waals surface area contributed by atoms with Gasteiger partial charge in [0.2, 0.25) is 0 Å². The van der Waals surface area contributed by atoms with Crippen LogP contribution in [0.4, 0.5) is 0 Å². The van der Waals surface area contributed by atoms with Crippen LogP contribution in [-0.4, -0.2) is 19.5 Å². The van der Waals surface area contributed by atoms with Crippen LogP contribution in [0.1, 0.15) is 0 Å². The molecule has 4 nitrogen and oxygen atoms in total. The minimum absolute atomic E-state index is 0.637. The fraction of sp³-hybridized carbons (Fsp3) is 0. The summed E-state index contributed by atoms with van der Waals surface area (Å²) in [5, 5.41) is 7.55. The van der Waals surface area contributed by atoms with Crippen molar-refractivity contribution in [2.75, 3.05) is 0 Å². The Morgan fingerprint density at radius 3 is 1.78 bits per heavy atom. The van der Waals surface area contributed by atoms with Gasteiger partial charge < -0.3 is 4.57 Å². The van der Waals surface area contributed by atoms with Crippen molar-refractivity contribution in [3.63, 3.8) is 0 Å². The van der Waals surface area contributed by atoms with E-state index in [0.29, 0.717) is 17.5 Å². The molecule has 0 unspecified atom stereocenters. The Morgan fingerprint density at radius 1 is 0.333 bits per heavy atom. The highest BCUT2D eigenvalue weighted by molar-refractivity contribution is 6.21. The average molecular weight is 649 g/mol. The number of rotatable bonds is 4. The van der Waals surface area contributed by atoms with E-state index in [9.17, 15) is 0 Å². The quantitative estimate of drug-likeness (QED) is 0.191. The lowest BCUT2D eigenvalue weighted by molar-refractivity contribution is 1.07. The summed E-state index contributed by atoms with van der Waals surface area (Å²) in [5.74, 6) is 1.94. The van der Waals surface area contributed by atoms with Gasteiger partial charge in [0, 0.05) is 33.2 Å². The number of nitrogens with zero attached hydrogens (tertiary/aromatic N) is 4. The van der Waals surface area contributed by atoms with Crippen molar-refractivity contribution in [1.29, 1.82) is 0 Å². The summed E-state index contributed by atoms with van der Waals surface area (Å²) in [6.07, 6.45) is 0. The normalized spacial score (nSPS) is 11.9. The summed E-state index contributed by atoms with van der Waals surface area (Å²) < 4.78 is 2.36. The van der Waals surface area contributed by atoms with Gasteiger partial charge in [-0.05, 0) is 74.1 Å². The third-order valence-electron chi connectivity index (χ3n) is 10.4. The van der Waals surface area contributed by atoms with Gasteiger partial charge in [-0.2, -0.15) is 0 Å². The SMILES string of the molecule is c1ccc(-c2nc(-c3cccc(-n4c5ccccc5c5c6ccccc6ccc54)c3)nc(-c3ccc4c(c3)-c3cccc5cccc-4c35)n2)cc1. The van der Waals surface area contributed by atoms with Crippen LogP contribution in [0, 0.1) is 0 Å². The molecule has 236 valence electrons. The van der Waals surface area contributed by atoms with Crippen molar-refractivity contribution in [3.05, 3.63) is 170 Å². The summed E-state index contributed by atoms with van der Waals surface area (Å²) in [4.78, 5) is 15.4.